The molecule has 2 aromatic carbocycles. The zero-order valence-corrected chi connectivity index (χ0v) is 17.4. The van der Waals surface area contributed by atoms with E-state index >= 15 is 0 Å². The summed E-state index contributed by atoms with van der Waals surface area (Å²) in [4.78, 5) is 12.9. The molecule has 4 aromatic rings. The number of hydrogen-bond acceptors (Lipinski definition) is 6. The molecule has 31 heavy (non-hydrogen) atoms. The van der Waals surface area contributed by atoms with Gasteiger partial charge in [0.2, 0.25) is 5.95 Å². The van der Waals surface area contributed by atoms with Gasteiger partial charge in [-0.2, -0.15) is 0 Å². The number of nitrogens with two attached hydrogens (primary N) is 1. The predicted molar refractivity (Wildman–Crippen MR) is 117 cm³/mol. The molecule has 3 N–H and O–H groups in total. The van der Waals surface area contributed by atoms with E-state index in [-0.39, 0.29) is 17.8 Å². The van der Waals surface area contributed by atoms with Crippen LogP contribution in [-0.2, 0) is 13.0 Å². The monoisotopic (exact) mass is 418 g/mol. The van der Waals surface area contributed by atoms with Gasteiger partial charge < -0.3 is 20.4 Å². The van der Waals surface area contributed by atoms with Gasteiger partial charge in [0.1, 0.15) is 17.4 Å². The molecule has 158 valence electrons. The van der Waals surface area contributed by atoms with Gasteiger partial charge in [-0.3, -0.25) is 0 Å². The molecule has 0 aliphatic carbocycles. The molecular weight excluding hydrogens is 395 g/mol. The molecule has 7 nitrogen and oxygen atoms in total. The van der Waals surface area contributed by atoms with Crippen molar-refractivity contribution in [2.75, 3.05) is 19.4 Å². The molecule has 1 aliphatic rings. The van der Waals surface area contributed by atoms with E-state index in [9.17, 15) is 4.39 Å². The van der Waals surface area contributed by atoms with Crippen LogP contribution in [0.25, 0.3) is 22.3 Å². The Morgan fingerprint density at radius 1 is 1.23 bits per heavy atom. The molecular formula is C23H23FN6O. The molecule has 8 heteroatoms. The van der Waals surface area contributed by atoms with Crippen molar-refractivity contribution in [3.8, 4) is 17.0 Å². The lowest BCUT2D eigenvalue weighted by Gasteiger charge is -2.27. The van der Waals surface area contributed by atoms with Crippen molar-refractivity contribution in [1.29, 1.82) is 0 Å². The van der Waals surface area contributed by atoms with E-state index in [1.807, 2.05) is 6.07 Å². The summed E-state index contributed by atoms with van der Waals surface area (Å²) < 4.78 is 22.5. The first-order valence-electron chi connectivity index (χ1n) is 10.3. The zero-order valence-electron chi connectivity index (χ0n) is 17.4. The smallest absolute Gasteiger partial charge is 0.220 e. The Morgan fingerprint density at radius 3 is 2.87 bits per heavy atom. The Hall–Kier alpha value is -3.52. The zero-order chi connectivity index (χ0) is 21.5. The van der Waals surface area contributed by atoms with Crippen LogP contribution in [0.1, 0.15) is 29.9 Å². The Labute approximate surface area is 179 Å². The SMILES string of the molecule is CCn1c(C2NCCc3cc(OC)ccc32)nc2cc(F)c(-c3ccnc(N)n3)cc21. The summed E-state index contributed by atoms with van der Waals surface area (Å²) in [6.45, 7) is 3.60. The van der Waals surface area contributed by atoms with Gasteiger partial charge in [-0.05, 0) is 48.7 Å². The normalized spacial score (nSPS) is 15.8. The Balaban J connectivity index is 1.66. The number of imidazole rings is 1. The average molecular weight is 418 g/mol. The fourth-order valence-electron chi connectivity index (χ4n) is 4.34. The van der Waals surface area contributed by atoms with Gasteiger partial charge >= 0.3 is 0 Å². The van der Waals surface area contributed by atoms with Gasteiger partial charge in [-0.25, -0.2) is 19.3 Å². The first-order valence-corrected chi connectivity index (χ1v) is 10.3. The summed E-state index contributed by atoms with van der Waals surface area (Å²) in [6, 6.07) is 11.0. The first-order chi connectivity index (χ1) is 15.1. The van der Waals surface area contributed by atoms with E-state index in [0.717, 1.165) is 30.1 Å². The van der Waals surface area contributed by atoms with Crippen molar-refractivity contribution in [1.82, 2.24) is 24.8 Å². The quantitative estimate of drug-likeness (QED) is 0.527. The Kier molecular flexibility index (Phi) is 4.78. The third-order valence-corrected chi connectivity index (χ3v) is 5.80. The van der Waals surface area contributed by atoms with Crippen LogP contribution in [0.3, 0.4) is 0 Å². The van der Waals surface area contributed by atoms with Crippen LogP contribution in [-0.4, -0.2) is 33.2 Å². The van der Waals surface area contributed by atoms with Crippen LogP contribution < -0.4 is 15.8 Å². The number of methoxy groups -OCH3 is 1. The summed E-state index contributed by atoms with van der Waals surface area (Å²) in [5.74, 6) is 1.43. The number of hydrogen-bond donors (Lipinski definition) is 2. The number of nitrogens with one attached hydrogen (secondary N) is 1. The van der Waals surface area contributed by atoms with E-state index in [0.29, 0.717) is 23.3 Å². The molecule has 1 unspecified atom stereocenters. The third-order valence-electron chi connectivity index (χ3n) is 5.80. The highest BCUT2D eigenvalue weighted by Gasteiger charge is 2.27. The van der Waals surface area contributed by atoms with Crippen molar-refractivity contribution in [2.24, 2.45) is 0 Å². The van der Waals surface area contributed by atoms with E-state index in [1.54, 1.807) is 19.2 Å². The lowest BCUT2D eigenvalue weighted by molar-refractivity contribution is 0.412. The molecule has 0 saturated heterocycles. The molecule has 1 atom stereocenters. The minimum absolute atomic E-state index is 0.0804. The number of rotatable bonds is 4. The second-order valence-corrected chi connectivity index (χ2v) is 7.54. The summed E-state index contributed by atoms with van der Waals surface area (Å²) in [5, 5.41) is 3.58. The maximum absolute atomic E-state index is 15.0. The lowest BCUT2D eigenvalue weighted by atomic mass is 9.93. The van der Waals surface area contributed by atoms with Gasteiger partial charge in [0.05, 0.1) is 29.9 Å². The Morgan fingerprint density at radius 2 is 2.10 bits per heavy atom. The molecule has 2 aromatic heterocycles. The molecule has 0 amide bonds. The second kappa shape index (κ2) is 7.63. The number of aryl methyl sites for hydroxylation is 1. The van der Waals surface area contributed by atoms with Crippen LogP contribution in [0.15, 0.2) is 42.6 Å². The fraction of sp³-hybridized carbons (Fsp3) is 0.261. The van der Waals surface area contributed by atoms with Crippen molar-refractivity contribution in [3.63, 3.8) is 0 Å². The van der Waals surface area contributed by atoms with Gasteiger partial charge in [-0.15, -0.1) is 0 Å². The van der Waals surface area contributed by atoms with Crippen LogP contribution >= 0.6 is 0 Å². The van der Waals surface area contributed by atoms with Crippen LogP contribution in [0.2, 0.25) is 0 Å². The maximum atomic E-state index is 15.0. The molecule has 0 spiro atoms. The third kappa shape index (κ3) is 3.29. The van der Waals surface area contributed by atoms with Gasteiger partial charge in [0.25, 0.3) is 0 Å². The highest BCUT2D eigenvalue weighted by molar-refractivity contribution is 5.82. The standard InChI is InChI=1S/C23H23FN6O/c1-3-30-20-11-16(18-7-9-27-23(25)29-18)17(24)12-19(20)28-22(30)21-15-5-4-14(31-2)10-13(15)6-8-26-21/h4-5,7,9-12,21,26H,3,6,8H2,1-2H3,(H2,25,27,29). The maximum Gasteiger partial charge on any atom is 0.220 e. The largest absolute Gasteiger partial charge is 0.497 e. The van der Waals surface area contributed by atoms with Crippen molar-refractivity contribution < 1.29 is 9.13 Å². The van der Waals surface area contributed by atoms with Crippen LogP contribution in [0.4, 0.5) is 10.3 Å². The second-order valence-electron chi connectivity index (χ2n) is 7.54. The number of aromatic nitrogens is 4. The molecule has 3 heterocycles. The molecule has 1 aliphatic heterocycles. The van der Waals surface area contributed by atoms with Gasteiger partial charge in [0, 0.05) is 30.9 Å². The topological polar surface area (TPSA) is 90.9 Å². The van der Waals surface area contributed by atoms with E-state index < -0.39 is 0 Å². The van der Waals surface area contributed by atoms with E-state index in [4.69, 9.17) is 15.5 Å². The van der Waals surface area contributed by atoms with E-state index in [2.05, 4.69) is 38.9 Å². The molecule has 0 saturated carbocycles. The van der Waals surface area contributed by atoms with Crippen LogP contribution in [0, 0.1) is 5.82 Å². The number of nitrogen functional groups attached to an aromatic ring is 1. The van der Waals surface area contributed by atoms with Gasteiger partial charge in [0.15, 0.2) is 0 Å². The summed E-state index contributed by atoms with van der Waals surface area (Å²) in [7, 11) is 1.67. The number of fused-ring (bicyclic) bond motifs is 2. The Bertz CT molecular complexity index is 1280. The van der Waals surface area contributed by atoms with E-state index in [1.165, 1.54) is 23.4 Å². The highest BCUT2D eigenvalue weighted by atomic mass is 19.1. The van der Waals surface area contributed by atoms with Crippen molar-refractivity contribution in [3.05, 3.63) is 65.4 Å². The summed E-state index contributed by atoms with van der Waals surface area (Å²) >= 11 is 0. The molecule has 0 bridgehead atoms. The first kappa shape index (κ1) is 19.4. The number of ether oxygens (including phenoxy) is 1. The lowest BCUT2D eigenvalue weighted by Crippen LogP contribution is -2.32. The fourth-order valence-corrected chi connectivity index (χ4v) is 4.34. The average Bonchev–Trinajstić information content (AvgIpc) is 3.14. The molecule has 0 radical (unpaired) electrons. The minimum atomic E-state index is -0.389. The predicted octanol–water partition coefficient (Wildman–Crippen LogP) is 3.48. The molecule has 0 fully saturated rings. The number of benzene rings is 2. The number of halogens is 1. The van der Waals surface area contributed by atoms with Gasteiger partial charge in [-0.1, -0.05) is 6.07 Å². The minimum Gasteiger partial charge on any atom is -0.497 e. The summed E-state index contributed by atoms with van der Waals surface area (Å²) in [6.07, 6.45) is 2.45. The van der Waals surface area contributed by atoms with Crippen molar-refractivity contribution in [2.45, 2.75) is 25.9 Å². The number of nitrogens with zero attached hydrogens (tertiary/aromatic N) is 4. The van der Waals surface area contributed by atoms with Crippen molar-refractivity contribution >= 4 is 17.0 Å². The summed E-state index contributed by atoms with van der Waals surface area (Å²) in [5.41, 5.74) is 10.4. The highest BCUT2D eigenvalue weighted by Crippen LogP contribution is 2.34. The molecule has 5 rings (SSSR count). The van der Waals surface area contributed by atoms with Crippen LogP contribution in [0.5, 0.6) is 5.75 Å². The number of anilines is 1.